The van der Waals surface area contributed by atoms with Gasteiger partial charge in [0.25, 0.3) is 5.91 Å². The van der Waals surface area contributed by atoms with Crippen LogP contribution in [0.25, 0.3) is 0 Å². The summed E-state index contributed by atoms with van der Waals surface area (Å²) in [6, 6.07) is 7.10. The van der Waals surface area contributed by atoms with Crippen molar-refractivity contribution in [2.45, 2.75) is 31.8 Å². The first kappa shape index (κ1) is 20.0. The number of carbonyl (C=O) groups is 1. The topological polar surface area (TPSA) is 32.8 Å². The van der Waals surface area contributed by atoms with Crippen LogP contribution in [0.1, 0.15) is 36.0 Å². The van der Waals surface area contributed by atoms with E-state index in [2.05, 4.69) is 18.5 Å². The summed E-state index contributed by atoms with van der Waals surface area (Å²) in [5.74, 6) is 0.0837. The maximum Gasteiger partial charge on any atom is 0.253 e. The summed E-state index contributed by atoms with van der Waals surface area (Å²) in [6.45, 7) is 8.07. The summed E-state index contributed by atoms with van der Waals surface area (Å²) in [5, 5.41) is 0.652. The van der Waals surface area contributed by atoms with Crippen molar-refractivity contribution in [3.05, 3.63) is 47.5 Å². The lowest BCUT2D eigenvalue weighted by Gasteiger charge is -2.32. The molecular weight excluding hydrogens is 336 g/mol. The molecule has 0 aliphatic carbocycles. The second-order valence-electron chi connectivity index (χ2n) is 6.63. The zero-order chi connectivity index (χ0) is 18.1. The van der Waals surface area contributed by atoms with E-state index >= 15 is 0 Å². The Kier molecular flexibility index (Phi) is 8.45. The zero-order valence-electron chi connectivity index (χ0n) is 15.1. The predicted octanol–water partition coefficient (Wildman–Crippen LogP) is 3.86. The minimum Gasteiger partial charge on any atom is -0.378 e. The number of benzene rings is 1. The highest BCUT2D eigenvalue weighted by atomic mass is 35.5. The number of hydrogen-bond donors (Lipinski definition) is 0. The highest BCUT2D eigenvalue weighted by Gasteiger charge is 2.23. The van der Waals surface area contributed by atoms with Gasteiger partial charge in [0.1, 0.15) is 0 Å². The first-order chi connectivity index (χ1) is 12.1. The normalized spacial score (nSPS) is 15.6. The molecule has 1 saturated heterocycles. The van der Waals surface area contributed by atoms with Crippen LogP contribution < -0.4 is 0 Å². The van der Waals surface area contributed by atoms with Gasteiger partial charge in [-0.2, -0.15) is 0 Å². The van der Waals surface area contributed by atoms with Gasteiger partial charge in [0.05, 0.1) is 6.10 Å². The highest BCUT2D eigenvalue weighted by molar-refractivity contribution is 6.30. The lowest BCUT2D eigenvalue weighted by molar-refractivity contribution is 0.00692. The van der Waals surface area contributed by atoms with Gasteiger partial charge in [0.15, 0.2) is 0 Å². The third kappa shape index (κ3) is 6.81. The van der Waals surface area contributed by atoms with Crippen molar-refractivity contribution in [2.24, 2.45) is 0 Å². The number of carbonyl (C=O) groups excluding carboxylic acids is 1. The van der Waals surface area contributed by atoms with Crippen molar-refractivity contribution in [3.8, 4) is 0 Å². The van der Waals surface area contributed by atoms with Crippen molar-refractivity contribution >= 4 is 17.5 Å². The van der Waals surface area contributed by atoms with Gasteiger partial charge in [-0.1, -0.05) is 17.7 Å². The molecule has 0 spiro atoms. The van der Waals surface area contributed by atoms with Crippen LogP contribution in [0.2, 0.25) is 5.02 Å². The number of nitrogens with zero attached hydrogens (tertiary/aromatic N) is 2. The molecule has 138 valence electrons. The maximum absolute atomic E-state index is 12.5. The summed E-state index contributed by atoms with van der Waals surface area (Å²) in [7, 11) is 2.11. The number of unbranched alkanes of at least 4 members (excludes halogenated alkanes) is 1. The monoisotopic (exact) mass is 364 g/mol. The molecule has 1 heterocycles. The van der Waals surface area contributed by atoms with Gasteiger partial charge < -0.3 is 14.5 Å². The number of amides is 1. The molecule has 1 aromatic rings. The number of ether oxygens (including phenoxy) is 1. The molecule has 5 heteroatoms. The van der Waals surface area contributed by atoms with Crippen molar-refractivity contribution in [1.29, 1.82) is 0 Å². The van der Waals surface area contributed by atoms with E-state index in [4.69, 9.17) is 16.3 Å². The van der Waals surface area contributed by atoms with Crippen LogP contribution in [-0.2, 0) is 4.74 Å². The Labute approximate surface area is 156 Å². The average molecular weight is 365 g/mol. The first-order valence-corrected chi connectivity index (χ1v) is 9.44. The second-order valence-corrected chi connectivity index (χ2v) is 7.06. The SMILES string of the molecule is C=CCN(C)CCCCOC1CCN(C(=O)c2ccc(Cl)cc2)CC1. The smallest absolute Gasteiger partial charge is 0.253 e. The Morgan fingerprint density at radius 1 is 1.32 bits per heavy atom. The zero-order valence-corrected chi connectivity index (χ0v) is 15.9. The highest BCUT2D eigenvalue weighted by Crippen LogP contribution is 2.18. The molecule has 1 fully saturated rings. The molecule has 0 radical (unpaired) electrons. The lowest BCUT2D eigenvalue weighted by atomic mass is 10.1. The summed E-state index contributed by atoms with van der Waals surface area (Å²) in [6.07, 6.45) is 6.24. The fourth-order valence-corrected chi connectivity index (χ4v) is 3.17. The number of likely N-dealkylation sites (tertiary alicyclic amines) is 1. The summed E-state index contributed by atoms with van der Waals surface area (Å²) in [5.41, 5.74) is 0.701. The molecule has 0 bridgehead atoms. The Hall–Kier alpha value is -1.36. The van der Waals surface area contributed by atoms with Gasteiger partial charge >= 0.3 is 0 Å². The van der Waals surface area contributed by atoms with E-state index in [0.29, 0.717) is 10.6 Å². The van der Waals surface area contributed by atoms with E-state index in [0.717, 1.165) is 58.5 Å². The maximum atomic E-state index is 12.5. The van der Waals surface area contributed by atoms with Crippen molar-refractivity contribution in [2.75, 3.05) is 39.8 Å². The van der Waals surface area contributed by atoms with Crippen molar-refractivity contribution < 1.29 is 9.53 Å². The van der Waals surface area contributed by atoms with E-state index in [-0.39, 0.29) is 12.0 Å². The van der Waals surface area contributed by atoms with Crippen LogP contribution in [0.4, 0.5) is 0 Å². The fraction of sp³-hybridized carbons (Fsp3) is 0.550. The first-order valence-electron chi connectivity index (χ1n) is 9.06. The van der Waals surface area contributed by atoms with E-state index in [1.807, 2.05) is 11.0 Å². The van der Waals surface area contributed by atoms with E-state index < -0.39 is 0 Å². The van der Waals surface area contributed by atoms with Crippen LogP contribution in [0.3, 0.4) is 0 Å². The molecule has 0 N–H and O–H groups in total. The molecule has 0 atom stereocenters. The average Bonchev–Trinajstić information content (AvgIpc) is 2.62. The molecule has 25 heavy (non-hydrogen) atoms. The quantitative estimate of drug-likeness (QED) is 0.492. The Balaban J connectivity index is 1.62. The van der Waals surface area contributed by atoms with Crippen molar-refractivity contribution in [3.63, 3.8) is 0 Å². The summed E-state index contributed by atoms with van der Waals surface area (Å²) >= 11 is 5.88. The van der Waals surface area contributed by atoms with Gasteiger partial charge in [-0.3, -0.25) is 4.79 Å². The molecule has 0 unspecified atom stereocenters. The van der Waals surface area contributed by atoms with Gasteiger partial charge in [-0.15, -0.1) is 6.58 Å². The Morgan fingerprint density at radius 3 is 2.64 bits per heavy atom. The molecule has 0 aromatic heterocycles. The van der Waals surface area contributed by atoms with Crippen LogP contribution in [0.15, 0.2) is 36.9 Å². The van der Waals surface area contributed by atoms with Gasteiger partial charge in [-0.05, 0) is 63.5 Å². The summed E-state index contributed by atoms with van der Waals surface area (Å²) in [4.78, 5) is 16.6. The Morgan fingerprint density at radius 2 is 2.00 bits per heavy atom. The van der Waals surface area contributed by atoms with Crippen LogP contribution in [0, 0.1) is 0 Å². The van der Waals surface area contributed by atoms with Crippen LogP contribution >= 0.6 is 11.6 Å². The molecule has 1 aliphatic rings. The molecule has 0 saturated carbocycles. The fourth-order valence-electron chi connectivity index (χ4n) is 3.05. The second kappa shape index (κ2) is 10.6. The third-order valence-electron chi connectivity index (χ3n) is 4.55. The lowest BCUT2D eigenvalue weighted by Crippen LogP contribution is -2.41. The van der Waals surface area contributed by atoms with Crippen LogP contribution in [-0.4, -0.2) is 61.6 Å². The molecule has 1 amide bonds. The number of piperidine rings is 1. The number of halogens is 1. The van der Waals surface area contributed by atoms with Crippen LogP contribution in [0.5, 0.6) is 0 Å². The molecule has 4 nitrogen and oxygen atoms in total. The van der Waals surface area contributed by atoms with Gasteiger partial charge in [-0.25, -0.2) is 0 Å². The van der Waals surface area contributed by atoms with Gasteiger partial charge in [0.2, 0.25) is 0 Å². The molecule has 1 aromatic carbocycles. The summed E-state index contributed by atoms with van der Waals surface area (Å²) < 4.78 is 5.98. The number of likely N-dealkylation sites (N-methyl/N-ethyl adjacent to an activating group) is 1. The number of rotatable bonds is 9. The Bertz CT molecular complexity index is 539. The standard InChI is InChI=1S/C20H29ClN2O2/c1-3-12-22(2)13-4-5-16-25-19-10-14-23(15-11-19)20(24)17-6-8-18(21)9-7-17/h3,6-9,19H,1,4-5,10-16H2,2H3. The molecule has 1 aliphatic heterocycles. The minimum atomic E-state index is 0.0837. The predicted molar refractivity (Wildman–Crippen MR) is 103 cm³/mol. The molecular formula is C20H29ClN2O2. The number of hydrogen-bond acceptors (Lipinski definition) is 3. The minimum absolute atomic E-state index is 0.0837. The van der Waals surface area contributed by atoms with Crippen molar-refractivity contribution in [1.82, 2.24) is 9.80 Å². The molecule has 2 rings (SSSR count). The van der Waals surface area contributed by atoms with E-state index in [1.165, 1.54) is 0 Å². The van der Waals surface area contributed by atoms with Gasteiger partial charge in [0, 0.05) is 36.8 Å². The van der Waals surface area contributed by atoms with E-state index in [9.17, 15) is 4.79 Å². The largest absolute Gasteiger partial charge is 0.378 e. The van der Waals surface area contributed by atoms with E-state index in [1.54, 1.807) is 24.3 Å². The third-order valence-corrected chi connectivity index (χ3v) is 4.80.